The highest BCUT2D eigenvalue weighted by atomic mass is 32.1. The first-order valence-electron chi connectivity index (χ1n) is 10.4. The molecule has 1 atom stereocenters. The molecule has 0 unspecified atom stereocenters. The lowest BCUT2D eigenvalue weighted by molar-refractivity contribution is 0.0364. The number of hydrogen-bond donors (Lipinski definition) is 2. The van der Waals surface area contributed by atoms with Gasteiger partial charge in [-0.3, -0.25) is 4.98 Å². The summed E-state index contributed by atoms with van der Waals surface area (Å²) < 4.78 is 0. The third-order valence-electron chi connectivity index (χ3n) is 5.52. The van der Waals surface area contributed by atoms with E-state index in [0.29, 0.717) is 12.1 Å². The number of aliphatic hydroxyl groups is 1. The van der Waals surface area contributed by atoms with Gasteiger partial charge in [0.25, 0.3) is 0 Å². The maximum absolute atomic E-state index is 10.5. The standard InChI is InChI=1S/C24H27N5OS/c1-15-10-19(11-16(2)27-15)22-21(18-7-5-6-17(12-18)13-25)28-23(31-22)29-9-8-26-20(14-29)24(3,4)30/h5-7,10-12,20,26,30H,8-9,14H2,1-4H3/t20-/m0/s1. The molecule has 7 heteroatoms. The second-order valence-corrected chi connectivity index (χ2v) is 9.59. The number of thiazole rings is 1. The molecule has 0 bridgehead atoms. The van der Waals surface area contributed by atoms with Crippen LogP contribution in [0.25, 0.3) is 21.7 Å². The van der Waals surface area contributed by atoms with Gasteiger partial charge in [-0.15, -0.1) is 0 Å². The van der Waals surface area contributed by atoms with Crippen molar-refractivity contribution in [2.45, 2.75) is 39.3 Å². The predicted octanol–water partition coefficient (Wildman–Crippen LogP) is 3.91. The Morgan fingerprint density at radius 3 is 2.58 bits per heavy atom. The molecule has 3 heterocycles. The quantitative estimate of drug-likeness (QED) is 0.649. The number of aromatic nitrogens is 2. The van der Waals surface area contributed by atoms with Gasteiger partial charge in [-0.2, -0.15) is 5.26 Å². The molecule has 0 saturated carbocycles. The van der Waals surface area contributed by atoms with Gasteiger partial charge in [0, 0.05) is 36.6 Å². The van der Waals surface area contributed by atoms with Crippen molar-refractivity contribution in [3.05, 3.63) is 53.3 Å². The molecular weight excluding hydrogens is 406 g/mol. The molecule has 0 aliphatic carbocycles. The second-order valence-electron chi connectivity index (χ2n) is 8.61. The van der Waals surface area contributed by atoms with Crippen LogP contribution in [0.3, 0.4) is 0 Å². The first-order chi connectivity index (χ1) is 14.7. The number of nitriles is 1. The molecule has 1 aliphatic heterocycles. The van der Waals surface area contributed by atoms with Gasteiger partial charge in [0.15, 0.2) is 5.13 Å². The van der Waals surface area contributed by atoms with E-state index in [9.17, 15) is 10.4 Å². The van der Waals surface area contributed by atoms with E-state index in [1.54, 1.807) is 17.4 Å². The number of benzene rings is 1. The third-order valence-corrected chi connectivity index (χ3v) is 6.69. The highest BCUT2D eigenvalue weighted by Crippen LogP contribution is 2.41. The second kappa shape index (κ2) is 8.39. The summed E-state index contributed by atoms with van der Waals surface area (Å²) in [5.74, 6) is 0. The van der Waals surface area contributed by atoms with Gasteiger partial charge in [-0.05, 0) is 57.5 Å². The fourth-order valence-corrected chi connectivity index (χ4v) is 5.04. The van der Waals surface area contributed by atoms with Crippen LogP contribution in [-0.2, 0) is 0 Å². The molecule has 31 heavy (non-hydrogen) atoms. The number of nitrogens with one attached hydrogen (secondary N) is 1. The maximum atomic E-state index is 10.5. The summed E-state index contributed by atoms with van der Waals surface area (Å²) in [6, 6.07) is 13.9. The lowest BCUT2D eigenvalue weighted by atomic mass is 9.97. The molecular formula is C24H27N5OS. The van der Waals surface area contributed by atoms with Crippen molar-refractivity contribution < 1.29 is 5.11 Å². The summed E-state index contributed by atoms with van der Waals surface area (Å²) in [6.45, 7) is 9.97. The molecule has 1 aliphatic rings. The van der Waals surface area contributed by atoms with Crippen molar-refractivity contribution in [3.8, 4) is 27.8 Å². The van der Waals surface area contributed by atoms with Crippen LogP contribution in [0.2, 0.25) is 0 Å². The molecule has 0 spiro atoms. The molecule has 1 saturated heterocycles. The number of rotatable bonds is 4. The third kappa shape index (κ3) is 4.62. The number of nitrogens with zero attached hydrogens (tertiary/aromatic N) is 4. The summed E-state index contributed by atoms with van der Waals surface area (Å²) in [6.07, 6.45) is 0. The maximum Gasteiger partial charge on any atom is 0.186 e. The van der Waals surface area contributed by atoms with Crippen molar-refractivity contribution >= 4 is 16.5 Å². The van der Waals surface area contributed by atoms with Crippen LogP contribution in [0.1, 0.15) is 30.8 Å². The van der Waals surface area contributed by atoms with E-state index in [2.05, 4.69) is 33.4 Å². The van der Waals surface area contributed by atoms with Gasteiger partial charge in [-0.25, -0.2) is 4.98 Å². The lowest BCUT2D eigenvalue weighted by Crippen LogP contribution is -2.59. The van der Waals surface area contributed by atoms with Crippen LogP contribution in [0.5, 0.6) is 0 Å². The molecule has 1 aromatic carbocycles. The zero-order chi connectivity index (χ0) is 22.2. The van der Waals surface area contributed by atoms with Gasteiger partial charge in [0.05, 0.1) is 33.8 Å². The van der Waals surface area contributed by atoms with E-state index in [-0.39, 0.29) is 6.04 Å². The zero-order valence-electron chi connectivity index (χ0n) is 18.3. The van der Waals surface area contributed by atoms with Crippen LogP contribution in [-0.4, -0.2) is 46.4 Å². The Morgan fingerprint density at radius 2 is 1.90 bits per heavy atom. The topological polar surface area (TPSA) is 85.1 Å². The Kier molecular flexibility index (Phi) is 5.80. The average Bonchev–Trinajstić information content (AvgIpc) is 3.18. The molecule has 1 fully saturated rings. The Hall–Kier alpha value is -2.79. The van der Waals surface area contributed by atoms with Gasteiger partial charge in [0.1, 0.15) is 0 Å². The fourth-order valence-electron chi connectivity index (χ4n) is 3.93. The Labute approximate surface area is 187 Å². The molecule has 0 amide bonds. The minimum Gasteiger partial charge on any atom is -0.389 e. The number of hydrogen-bond acceptors (Lipinski definition) is 7. The highest BCUT2D eigenvalue weighted by Gasteiger charge is 2.32. The lowest BCUT2D eigenvalue weighted by Gasteiger charge is -2.39. The Balaban J connectivity index is 1.81. The monoisotopic (exact) mass is 433 g/mol. The van der Waals surface area contributed by atoms with Crippen LogP contribution in [0.15, 0.2) is 36.4 Å². The Morgan fingerprint density at radius 1 is 1.16 bits per heavy atom. The van der Waals surface area contributed by atoms with E-state index in [0.717, 1.165) is 51.3 Å². The van der Waals surface area contributed by atoms with E-state index in [1.165, 1.54) is 0 Å². The van der Waals surface area contributed by atoms with Crippen molar-refractivity contribution in [1.82, 2.24) is 15.3 Å². The molecule has 6 nitrogen and oxygen atoms in total. The molecule has 2 N–H and O–H groups in total. The average molecular weight is 434 g/mol. The number of aryl methyl sites for hydroxylation is 2. The van der Waals surface area contributed by atoms with Crippen LogP contribution < -0.4 is 10.2 Å². The van der Waals surface area contributed by atoms with Crippen molar-refractivity contribution in [3.63, 3.8) is 0 Å². The van der Waals surface area contributed by atoms with E-state index in [4.69, 9.17) is 4.98 Å². The largest absolute Gasteiger partial charge is 0.389 e. The molecule has 0 radical (unpaired) electrons. The smallest absolute Gasteiger partial charge is 0.186 e. The minimum absolute atomic E-state index is 0.0376. The van der Waals surface area contributed by atoms with Crippen molar-refractivity contribution in [2.75, 3.05) is 24.5 Å². The van der Waals surface area contributed by atoms with Crippen LogP contribution >= 0.6 is 11.3 Å². The van der Waals surface area contributed by atoms with Crippen LogP contribution in [0, 0.1) is 25.2 Å². The van der Waals surface area contributed by atoms with E-state index in [1.807, 2.05) is 45.9 Å². The first-order valence-corrected chi connectivity index (χ1v) is 11.2. The fraction of sp³-hybridized carbons (Fsp3) is 0.375. The van der Waals surface area contributed by atoms with Gasteiger partial charge in [-0.1, -0.05) is 23.5 Å². The highest BCUT2D eigenvalue weighted by molar-refractivity contribution is 7.19. The zero-order valence-corrected chi connectivity index (χ0v) is 19.1. The van der Waals surface area contributed by atoms with Gasteiger partial charge < -0.3 is 15.3 Å². The molecule has 4 rings (SSSR count). The normalized spacial score (nSPS) is 16.9. The number of pyridine rings is 1. The van der Waals surface area contributed by atoms with Gasteiger partial charge >= 0.3 is 0 Å². The van der Waals surface area contributed by atoms with E-state index < -0.39 is 5.60 Å². The van der Waals surface area contributed by atoms with Crippen molar-refractivity contribution in [2.24, 2.45) is 0 Å². The summed E-state index contributed by atoms with van der Waals surface area (Å²) >= 11 is 1.65. The SMILES string of the molecule is Cc1cc(-c2sc(N3CCN[C@H](C(C)(C)O)C3)nc2-c2cccc(C#N)c2)cc(C)n1. The van der Waals surface area contributed by atoms with Gasteiger partial charge in [0.2, 0.25) is 0 Å². The van der Waals surface area contributed by atoms with E-state index >= 15 is 0 Å². The summed E-state index contributed by atoms with van der Waals surface area (Å²) in [5.41, 5.74) is 4.61. The van der Waals surface area contributed by atoms with Crippen LogP contribution in [0.4, 0.5) is 5.13 Å². The predicted molar refractivity (Wildman–Crippen MR) is 125 cm³/mol. The summed E-state index contributed by atoms with van der Waals surface area (Å²) in [5, 5.41) is 24.2. The summed E-state index contributed by atoms with van der Waals surface area (Å²) in [4.78, 5) is 12.9. The Bertz CT molecular complexity index is 1120. The molecule has 2 aromatic heterocycles. The number of anilines is 1. The van der Waals surface area contributed by atoms with Crippen molar-refractivity contribution in [1.29, 1.82) is 5.26 Å². The summed E-state index contributed by atoms with van der Waals surface area (Å²) in [7, 11) is 0. The minimum atomic E-state index is -0.817. The number of piperazine rings is 1. The molecule has 160 valence electrons. The molecule has 3 aromatic rings. The first kappa shape index (κ1) is 21.4.